The van der Waals surface area contributed by atoms with E-state index >= 15 is 0 Å². The number of esters is 1. The van der Waals surface area contributed by atoms with Crippen LogP contribution in [0.1, 0.15) is 47.6 Å². The summed E-state index contributed by atoms with van der Waals surface area (Å²) < 4.78 is 6.03. The molecule has 2 amide bonds. The fraction of sp³-hybridized carbons (Fsp3) is 0.324. The first-order valence-corrected chi connectivity index (χ1v) is 15.2. The summed E-state index contributed by atoms with van der Waals surface area (Å²) in [5.74, 6) is -1.96. The molecule has 4 rings (SSSR count). The van der Waals surface area contributed by atoms with Crippen LogP contribution in [0.2, 0.25) is 0 Å². The molecule has 1 aliphatic heterocycles. The Morgan fingerprint density at radius 1 is 0.886 bits per heavy atom. The van der Waals surface area contributed by atoms with Gasteiger partial charge in [0.2, 0.25) is 11.8 Å². The first-order valence-electron chi connectivity index (χ1n) is 15.2. The smallest absolute Gasteiger partial charge is 0.310 e. The van der Waals surface area contributed by atoms with E-state index in [9.17, 15) is 19.5 Å². The van der Waals surface area contributed by atoms with Crippen molar-refractivity contribution in [1.82, 2.24) is 10.2 Å². The number of hydrogen-bond donors (Lipinski definition) is 2. The number of aliphatic hydroxyl groups is 1. The zero-order valence-electron chi connectivity index (χ0n) is 25.1. The number of ether oxygens (including phenoxy) is 1. The molecule has 230 valence electrons. The largest absolute Gasteiger partial charge is 0.455 e. The molecule has 0 spiro atoms. The minimum Gasteiger partial charge on any atom is -0.455 e. The predicted octanol–water partition coefficient (Wildman–Crippen LogP) is 5.35. The molecular weight excluding hydrogens is 552 g/mol. The number of carbonyl (C=O) groups is 3. The van der Waals surface area contributed by atoms with Crippen molar-refractivity contribution in [3.8, 4) is 0 Å². The predicted molar refractivity (Wildman–Crippen MR) is 171 cm³/mol. The maximum absolute atomic E-state index is 13.5. The van der Waals surface area contributed by atoms with Crippen LogP contribution in [0.5, 0.6) is 0 Å². The second kappa shape index (κ2) is 16.4. The van der Waals surface area contributed by atoms with E-state index in [1.807, 2.05) is 84.9 Å². The number of rotatable bonds is 15. The van der Waals surface area contributed by atoms with Gasteiger partial charge in [-0.25, -0.2) is 0 Å². The van der Waals surface area contributed by atoms with Gasteiger partial charge in [0.05, 0.1) is 31.0 Å². The number of carbonyl (C=O) groups excluding carboxylic acids is 3. The molecule has 3 aromatic rings. The zero-order chi connectivity index (χ0) is 31.3. The number of amides is 2. The number of allylic oxidation sites excluding steroid dienone is 2. The van der Waals surface area contributed by atoms with Crippen LogP contribution in [0.25, 0.3) is 0 Å². The molecule has 0 aromatic heterocycles. The van der Waals surface area contributed by atoms with E-state index in [1.165, 1.54) is 0 Å². The fourth-order valence-corrected chi connectivity index (χ4v) is 5.69. The van der Waals surface area contributed by atoms with Crippen LogP contribution >= 0.6 is 0 Å². The van der Waals surface area contributed by atoms with Crippen LogP contribution in [0.15, 0.2) is 110 Å². The highest BCUT2D eigenvalue weighted by atomic mass is 16.5. The first kappa shape index (κ1) is 32.4. The maximum atomic E-state index is 13.5. The second-order valence-electron chi connectivity index (χ2n) is 11.2. The summed E-state index contributed by atoms with van der Waals surface area (Å²) in [5.41, 5.74) is 3.95. The molecule has 2 N–H and O–H groups in total. The summed E-state index contributed by atoms with van der Waals surface area (Å²) in [6.07, 6.45) is 4.45. The Bertz CT molecular complexity index is 1410. The van der Waals surface area contributed by atoms with Gasteiger partial charge in [0.15, 0.2) is 0 Å². The monoisotopic (exact) mass is 594 g/mol. The zero-order valence-corrected chi connectivity index (χ0v) is 25.1. The molecule has 7 heteroatoms. The first-order chi connectivity index (χ1) is 21.4. The number of nitrogens with one attached hydrogen (secondary N) is 1. The molecule has 0 aliphatic carbocycles. The maximum Gasteiger partial charge on any atom is 0.310 e. The molecule has 0 bridgehead atoms. The molecule has 4 atom stereocenters. The number of fused-ring (bicyclic) bond motifs is 1. The van der Waals surface area contributed by atoms with Crippen molar-refractivity contribution in [1.29, 1.82) is 0 Å². The normalized spacial score (nSPS) is 16.1. The molecule has 0 unspecified atom stereocenters. The minimum absolute atomic E-state index is 0.0230. The minimum atomic E-state index is -0.715. The van der Waals surface area contributed by atoms with Gasteiger partial charge in [-0.3, -0.25) is 14.4 Å². The van der Waals surface area contributed by atoms with E-state index < -0.39 is 17.9 Å². The lowest BCUT2D eigenvalue weighted by Gasteiger charge is -2.36. The lowest BCUT2D eigenvalue weighted by molar-refractivity contribution is -0.154. The topological polar surface area (TPSA) is 95.9 Å². The molecule has 1 aliphatic rings. The van der Waals surface area contributed by atoms with E-state index in [0.717, 1.165) is 22.3 Å². The van der Waals surface area contributed by atoms with Crippen LogP contribution in [-0.2, 0) is 38.5 Å². The quantitative estimate of drug-likeness (QED) is 0.183. The summed E-state index contributed by atoms with van der Waals surface area (Å²) >= 11 is 0. The average molecular weight is 595 g/mol. The van der Waals surface area contributed by atoms with E-state index in [-0.39, 0.29) is 43.4 Å². The van der Waals surface area contributed by atoms with Gasteiger partial charge >= 0.3 is 5.97 Å². The molecule has 0 radical (unpaired) electrons. The van der Waals surface area contributed by atoms with Crippen molar-refractivity contribution in [3.05, 3.63) is 132 Å². The van der Waals surface area contributed by atoms with Gasteiger partial charge in [0, 0.05) is 13.0 Å². The average Bonchev–Trinajstić information content (AvgIpc) is 3.06. The highest BCUT2D eigenvalue weighted by Gasteiger charge is 2.32. The Kier molecular flexibility index (Phi) is 12.1. The van der Waals surface area contributed by atoms with Crippen LogP contribution in [0.3, 0.4) is 0 Å². The fourth-order valence-electron chi connectivity index (χ4n) is 5.69. The summed E-state index contributed by atoms with van der Waals surface area (Å²) in [4.78, 5) is 42.0. The lowest BCUT2D eigenvalue weighted by Crippen LogP contribution is -2.47. The second-order valence-corrected chi connectivity index (χ2v) is 11.2. The van der Waals surface area contributed by atoms with Crippen molar-refractivity contribution in [2.75, 3.05) is 13.2 Å². The Morgan fingerprint density at radius 3 is 2.16 bits per heavy atom. The van der Waals surface area contributed by atoms with E-state index in [4.69, 9.17) is 4.74 Å². The number of benzene rings is 3. The number of nitrogens with zero attached hydrogens (tertiary/aromatic N) is 1. The lowest BCUT2D eigenvalue weighted by atomic mass is 9.92. The van der Waals surface area contributed by atoms with E-state index in [2.05, 4.69) is 18.5 Å². The third kappa shape index (κ3) is 8.77. The van der Waals surface area contributed by atoms with Gasteiger partial charge in [0.1, 0.15) is 6.10 Å². The van der Waals surface area contributed by atoms with Gasteiger partial charge in [-0.1, -0.05) is 97.1 Å². The van der Waals surface area contributed by atoms with E-state index in [0.29, 0.717) is 32.2 Å². The number of hydrogen-bond acceptors (Lipinski definition) is 5. The number of aliphatic hydroxyl groups excluding tert-OH is 1. The van der Waals surface area contributed by atoms with Crippen molar-refractivity contribution in [3.63, 3.8) is 0 Å². The van der Waals surface area contributed by atoms with Crippen LogP contribution in [0.4, 0.5) is 0 Å². The molecule has 0 saturated heterocycles. The van der Waals surface area contributed by atoms with Crippen molar-refractivity contribution < 1.29 is 24.2 Å². The van der Waals surface area contributed by atoms with Crippen LogP contribution < -0.4 is 5.32 Å². The van der Waals surface area contributed by atoms with Gasteiger partial charge in [-0.15, -0.1) is 13.2 Å². The SMILES string of the molecule is C=CC[C@H](CC(=O)N1Cc2ccccc2C[C@H]1CO)C(=O)NC[C@@H](OC(=O)[C@@H](CC=C)Cc1ccccc1)c1ccccc1. The van der Waals surface area contributed by atoms with Crippen LogP contribution in [0, 0.1) is 11.8 Å². The van der Waals surface area contributed by atoms with Gasteiger partial charge in [0.25, 0.3) is 0 Å². The van der Waals surface area contributed by atoms with Gasteiger partial charge < -0.3 is 20.1 Å². The summed E-state index contributed by atoms with van der Waals surface area (Å²) in [5, 5.41) is 13.0. The summed E-state index contributed by atoms with van der Waals surface area (Å²) in [6.45, 7) is 7.91. The van der Waals surface area contributed by atoms with Gasteiger partial charge in [-0.05, 0) is 47.9 Å². The Morgan fingerprint density at radius 2 is 1.50 bits per heavy atom. The highest BCUT2D eigenvalue weighted by molar-refractivity contribution is 5.86. The Hall–Kier alpha value is -4.49. The molecular formula is C37H42N2O5. The summed E-state index contributed by atoms with van der Waals surface area (Å²) in [7, 11) is 0. The Balaban J connectivity index is 1.43. The van der Waals surface area contributed by atoms with E-state index in [1.54, 1.807) is 17.1 Å². The molecule has 7 nitrogen and oxygen atoms in total. The molecule has 0 fully saturated rings. The molecule has 3 aromatic carbocycles. The van der Waals surface area contributed by atoms with Crippen molar-refractivity contribution in [2.45, 2.75) is 50.8 Å². The Labute approximate surface area is 260 Å². The summed E-state index contributed by atoms with van der Waals surface area (Å²) in [6, 6.07) is 26.6. The molecule has 1 heterocycles. The third-order valence-electron chi connectivity index (χ3n) is 8.13. The van der Waals surface area contributed by atoms with Crippen molar-refractivity contribution >= 4 is 17.8 Å². The van der Waals surface area contributed by atoms with Crippen molar-refractivity contribution in [2.24, 2.45) is 11.8 Å². The highest BCUT2D eigenvalue weighted by Crippen LogP contribution is 2.26. The van der Waals surface area contributed by atoms with Gasteiger partial charge in [-0.2, -0.15) is 0 Å². The molecule has 0 saturated carbocycles. The third-order valence-corrected chi connectivity index (χ3v) is 8.13. The molecule has 44 heavy (non-hydrogen) atoms. The standard InChI is InChI=1S/C37H42N2O5/c1-3-13-30(23-35(41)39-25-32-20-12-11-19-29(32)22-33(39)26-40)36(42)38-24-34(28-17-9-6-10-18-28)44-37(43)31(14-4-2)21-27-15-7-5-8-16-27/h3-12,15-20,30-31,33-34,40H,1-2,13-14,21-26H2,(H,38,42)/t30-,31+,33+,34-/m1/s1. The van der Waals surface area contributed by atoms with Crippen LogP contribution in [-0.4, -0.2) is 47.0 Å².